The van der Waals surface area contributed by atoms with Gasteiger partial charge in [0.1, 0.15) is 11.6 Å². The van der Waals surface area contributed by atoms with E-state index in [-0.39, 0.29) is 5.75 Å². The zero-order valence-corrected chi connectivity index (χ0v) is 8.88. The molecule has 1 aliphatic heterocycles. The zero-order valence-electron chi connectivity index (χ0n) is 8.88. The molecule has 3 nitrogen and oxygen atoms in total. The lowest BCUT2D eigenvalue weighted by Gasteiger charge is -2.30. The number of hydrogen-bond acceptors (Lipinski definition) is 3. The summed E-state index contributed by atoms with van der Waals surface area (Å²) in [6.45, 7) is 2.42. The van der Waals surface area contributed by atoms with Gasteiger partial charge in [-0.2, -0.15) is 0 Å². The first-order chi connectivity index (χ1) is 7.81. The highest BCUT2D eigenvalue weighted by Crippen LogP contribution is 2.29. The second kappa shape index (κ2) is 5.12. The number of ether oxygens (including phenoxy) is 1. The van der Waals surface area contributed by atoms with Crippen LogP contribution in [0.5, 0.6) is 5.75 Å². The van der Waals surface area contributed by atoms with Gasteiger partial charge in [0.2, 0.25) is 6.86 Å². The Morgan fingerprint density at radius 1 is 1.31 bits per heavy atom. The minimum Gasteiger partial charge on any atom is -0.461 e. The van der Waals surface area contributed by atoms with Crippen molar-refractivity contribution in [2.24, 2.45) is 0 Å². The number of hydrogen-bond donors (Lipinski definition) is 1. The summed E-state index contributed by atoms with van der Waals surface area (Å²) < 4.78 is 30.0. The van der Waals surface area contributed by atoms with E-state index in [4.69, 9.17) is 4.74 Å². The molecular formula is C11H14F2N2O. The van der Waals surface area contributed by atoms with Crippen molar-refractivity contribution >= 4 is 5.69 Å². The van der Waals surface area contributed by atoms with Crippen LogP contribution in [0.25, 0.3) is 0 Å². The van der Waals surface area contributed by atoms with Gasteiger partial charge < -0.3 is 15.0 Å². The van der Waals surface area contributed by atoms with Crippen LogP contribution in [0.3, 0.4) is 0 Å². The van der Waals surface area contributed by atoms with Crippen LogP contribution in [-0.2, 0) is 0 Å². The van der Waals surface area contributed by atoms with Crippen molar-refractivity contribution in [1.82, 2.24) is 5.32 Å². The second-order valence-corrected chi connectivity index (χ2v) is 3.60. The molecule has 0 aliphatic carbocycles. The third-order valence-corrected chi connectivity index (χ3v) is 2.59. The lowest BCUT2D eigenvalue weighted by molar-refractivity contribution is 0.191. The van der Waals surface area contributed by atoms with Crippen LogP contribution in [0.15, 0.2) is 18.2 Å². The quantitative estimate of drug-likeness (QED) is 0.849. The van der Waals surface area contributed by atoms with Crippen LogP contribution in [-0.4, -0.2) is 33.0 Å². The number of piperazine rings is 1. The number of nitrogens with zero attached hydrogens (tertiary/aromatic N) is 1. The Balaban J connectivity index is 2.23. The van der Waals surface area contributed by atoms with Crippen molar-refractivity contribution in [2.75, 3.05) is 37.9 Å². The highest BCUT2D eigenvalue weighted by Gasteiger charge is 2.15. The van der Waals surface area contributed by atoms with Crippen LogP contribution >= 0.6 is 0 Å². The fraction of sp³-hybridized carbons (Fsp3) is 0.455. The number of anilines is 1. The highest BCUT2D eigenvalue weighted by atomic mass is 19.1. The fourth-order valence-electron chi connectivity index (χ4n) is 1.83. The van der Waals surface area contributed by atoms with Gasteiger partial charge in [0.05, 0.1) is 5.69 Å². The van der Waals surface area contributed by atoms with Gasteiger partial charge >= 0.3 is 0 Å². The van der Waals surface area contributed by atoms with Crippen molar-refractivity contribution in [3.05, 3.63) is 24.0 Å². The first kappa shape index (κ1) is 11.1. The third-order valence-electron chi connectivity index (χ3n) is 2.59. The van der Waals surface area contributed by atoms with E-state index in [2.05, 4.69) is 10.2 Å². The maximum atomic E-state index is 13.0. The molecule has 0 atom stereocenters. The summed E-state index contributed by atoms with van der Waals surface area (Å²) in [7, 11) is 0. The molecule has 1 heterocycles. The van der Waals surface area contributed by atoms with Crippen molar-refractivity contribution < 1.29 is 13.5 Å². The summed E-state index contributed by atoms with van der Waals surface area (Å²) in [5.41, 5.74) is 0.751. The molecule has 0 bridgehead atoms. The average Bonchev–Trinajstić information content (AvgIpc) is 2.31. The van der Waals surface area contributed by atoms with Crippen molar-refractivity contribution in [3.8, 4) is 5.75 Å². The zero-order chi connectivity index (χ0) is 11.4. The van der Waals surface area contributed by atoms with E-state index in [0.29, 0.717) is 0 Å². The molecule has 1 aromatic carbocycles. The predicted molar refractivity (Wildman–Crippen MR) is 58.1 cm³/mol. The molecule has 0 spiro atoms. The van der Waals surface area contributed by atoms with Gasteiger partial charge in [-0.15, -0.1) is 0 Å². The first-order valence-corrected chi connectivity index (χ1v) is 5.25. The van der Waals surface area contributed by atoms with Crippen LogP contribution in [0, 0.1) is 5.82 Å². The molecule has 1 aliphatic rings. The lowest BCUT2D eigenvalue weighted by atomic mass is 10.2. The molecule has 0 unspecified atom stereocenters. The van der Waals surface area contributed by atoms with Gasteiger partial charge in [-0.3, -0.25) is 0 Å². The fourth-order valence-corrected chi connectivity index (χ4v) is 1.83. The van der Waals surface area contributed by atoms with E-state index in [9.17, 15) is 8.78 Å². The Labute approximate surface area is 93.0 Å². The molecule has 0 amide bonds. The van der Waals surface area contributed by atoms with Crippen molar-refractivity contribution in [1.29, 1.82) is 0 Å². The maximum Gasteiger partial charge on any atom is 0.228 e. The molecule has 0 aromatic heterocycles. The summed E-state index contributed by atoms with van der Waals surface area (Å²) in [4.78, 5) is 2.06. The van der Waals surface area contributed by atoms with Gasteiger partial charge in [0, 0.05) is 32.2 Å². The standard InChI is InChI=1S/C11H14F2N2O/c12-8-16-11-7-9(13)1-2-10(11)15-5-3-14-4-6-15/h1-2,7,14H,3-6,8H2. The minimum atomic E-state index is -0.942. The van der Waals surface area contributed by atoms with E-state index in [0.717, 1.165) is 31.9 Å². The van der Waals surface area contributed by atoms with Crippen molar-refractivity contribution in [2.45, 2.75) is 0 Å². The van der Waals surface area contributed by atoms with Gasteiger partial charge in [0.15, 0.2) is 0 Å². The second-order valence-electron chi connectivity index (χ2n) is 3.60. The van der Waals surface area contributed by atoms with Gasteiger partial charge in [-0.25, -0.2) is 8.78 Å². The van der Waals surface area contributed by atoms with Crippen LogP contribution in [0.2, 0.25) is 0 Å². The minimum absolute atomic E-state index is 0.268. The smallest absolute Gasteiger partial charge is 0.228 e. The van der Waals surface area contributed by atoms with Gasteiger partial charge in [-0.1, -0.05) is 0 Å². The molecule has 2 rings (SSSR count). The van der Waals surface area contributed by atoms with E-state index >= 15 is 0 Å². The van der Waals surface area contributed by atoms with Gasteiger partial charge in [-0.05, 0) is 12.1 Å². The summed E-state index contributed by atoms with van der Waals surface area (Å²) in [6.07, 6.45) is 0. The number of rotatable bonds is 3. The molecule has 1 aromatic rings. The maximum absolute atomic E-state index is 13.0. The molecule has 16 heavy (non-hydrogen) atoms. The van der Waals surface area contributed by atoms with E-state index in [1.165, 1.54) is 12.1 Å². The Bertz CT molecular complexity index is 354. The Morgan fingerprint density at radius 3 is 2.75 bits per heavy atom. The SMILES string of the molecule is FCOc1cc(F)ccc1N1CCNCC1. The van der Waals surface area contributed by atoms with E-state index in [1.807, 2.05) is 0 Å². The number of halogens is 2. The molecule has 5 heteroatoms. The van der Waals surface area contributed by atoms with Crippen LogP contribution in [0.4, 0.5) is 14.5 Å². The number of alkyl halides is 1. The monoisotopic (exact) mass is 228 g/mol. The molecule has 1 N–H and O–H groups in total. The predicted octanol–water partition coefficient (Wildman–Crippen LogP) is 1.54. The van der Waals surface area contributed by atoms with Gasteiger partial charge in [0.25, 0.3) is 0 Å². The molecule has 0 saturated carbocycles. The lowest BCUT2D eigenvalue weighted by Crippen LogP contribution is -2.43. The molecule has 1 fully saturated rings. The Morgan fingerprint density at radius 2 is 2.06 bits per heavy atom. The summed E-state index contributed by atoms with van der Waals surface area (Å²) >= 11 is 0. The molecule has 1 saturated heterocycles. The topological polar surface area (TPSA) is 24.5 Å². The number of benzene rings is 1. The highest BCUT2D eigenvalue weighted by molar-refractivity contribution is 5.59. The average molecular weight is 228 g/mol. The summed E-state index contributed by atoms with van der Waals surface area (Å²) in [5, 5.41) is 3.22. The van der Waals surface area contributed by atoms with E-state index < -0.39 is 12.7 Å². The first-order valence-electron chi connectivity index (χ1n) is 5.25. The van der Waals surface area contributed by atoms with Crippen LogP contribution < -0.4 is 15.0 Å². The Hall–Kier alpha value is -1.36. The molecule has 88 valence electrons. The number of nitrogens with one attached hydrogen (secondary N) is 1. The van der Waals surface area contributed by atoms with Crippen molar-refractivity contribution in [3.63, 3.8) is 0 Å². The summed E-state index contributed by atoms with van der Waals surface area (Å²) in [6, 6.07) is 4.21. The molecular weight excluding hydrogens is 214 g/mol. The largest absolute Gasteiger partial charge is 0.461 e. The van der Waals surface area contributed by atoms with Crippen LogP contribution in [0.1, 0.15) is 0 Å². The van der Waals surface area contributed by atoms with E-state index in [1.54, 1.807) is 6.07 Å². The third kappa shape index (κ3) is 2.41. The Kier molecular flexibility index (Phi) is 3.56. The summed E-state index contributed by atoms with van der Waals surface area (Å²) in [5.74, 6) is -0.147. The normalized spacial score (nSPS) is 16.2. The molecule has 0 radical (unpaired) electrons.